The van der Waals surface area contributed by atoms with Crippen molar-refractivity contribution in [2.24, 2.45) is 0 Å². The van der Waals surface area contributed by atoms with E-state index < -0.39 is 0 Å². The van der Waals surface area contributed by atoms with E-state index in [0.717, 1.165) is 25.7 Å². The molecule has 0 heterocycles. The van der Waals surface area contributed by atoms with Gasteiger partial charge in [0, 0.05) is 12.8 Å². The Balaban J connectivity index is 3.25. The molecule has 4 nitrogen and oxygen atoms in total. The van der Waals surface area contributed by atoms with E-state index in [1.165, 1.54) is 57.8 Å². The molecule has 0 aromatic rings. The maximum absolute atomic E-state index is 11.5. The zero-order chi connectivity index (χ0) is 17.2. The maximum atomic E-state index is 11.5. The number of carbonyl (C=O) groups is 2. The summed E-state index contributed by atoms with van der Waals surface area (Å²) in [5.41, 5.74) is 2.24. The first-order valence-electron chi connectivity index (χ1n) is 9.69. The lowest BCUT2D eigenvalue weighted by atomic mass is 10.1. The van der Waals surface area contributed by atoms with E-state index >= 15 is 0 Å². The molecule has 0 aromatic heterocycles. The highest BCUT2D eigenvalue weighted by molar-refractivity contribution is 5.77. The highest BCUT2D eigenvalue weighted by Crippen LogP contribution is 2.11. The summed E-state index contributed by atoms with van der Waals surface area (Å²) in [7, 11) is 0. The van der Waals surface area contributed by atoms with Crippen LogP contribution in [0.15, 0.2) is 0 Å². The van der Waals surface area contributed by atoms with Gasteiger partial charge in [-0.2, -0.15) is 5.48 Å². The molecule has 0 saturated carbocycles. The lowest BCUT2D eigenvalue weighted by Crippen LogP contribution is -2.26. The third-order valence-electron chi connectivity index (χ3n) is 4.02. The summed E-state index contributed by atoms with van der Waals surface area (Å²) in [5, 5.41) is 0. The Morgan fingerprint density at radius 1 is 0.652 bits per heavy atom. The predicted octanol–water partition coefficient (Wildman–Crippen LogP) is 5.45. The second-order valence-corrected chi connectivity index (χ2v) is 6.39. The fourth-order valence-corrected chi connectivity index (χ4v) is 2.49. The first kappa shape index (κ1) is 21.9. The smallest absolute Gasteiger partial charge is 0.332 e. The largest absolute Gasteiger partial charge is 0.341 e. The first-order chi connectivity index (χ1) is 11.2. The summed E-state index contributed by atoms with van der Waals surface area (Å²) in [6.07, 6.45) is 16.4. The van der Waals surface area contributed by atoms with Crippen molar-refractivity contribution in [3.05, 3.63) is 0 Å². The molecule has 23 heavy (non-hydrogen) atoms. The Morgan fingerprint density at radius 2 is 1.13 bits per heavy atom. The van der Waals surface area contributed by atoms with E-state index in [1.807, 2.05) is 6.92 Å². The minimum atomic E-state index is -0.348. The third kappa shape index (κ3) is 17.1. The van der Waals surface area contributed by atoms with E-state index in [4.69, 9.17) is 4.84 Å². The Bertz CT molecular complexity index is 292. The maximum Gasteiger partial charge on any atom is 0.332 e. The average molecular weight is 328 g/mol. The zero-order valence-electron chi connectivity index (χ0n) is 15.3. The van der Waals surface area contributed by atoms with Gasteiger partial charge in [0.2, 0.25) is 0 Å². The molecular formula is C19H37NO3. The van der Waals surface area contributed by atoms with Crippen molar-refractivity contribution in [2.45, 2.75) is 110 Å². The van der Waals surface area contributed by atoms with Crippen LogP contribution in [0.5, 0.6) is 0 Å². The van der Waals surface area contributed by atoms with Crippen molar-refractivity contribution in [3.8, 4) is 0 Å². The monoisotopic (exact) mass is 327 g/mol. The van der Waals surface area contributed by atoms with E-state index in [9.17, 15) is 9.59 Å². The molecular weight excluding hydrogens is 290 g/mol. The van der Waals surface area contributed by atoms with Crippen molar-refractivity contribution in [1.29, 1.82) is 0 Å². The van der Waals surface area contributed by atoms with Gasteiger partial charge in [-0.05, 0) is 12.8 Å². The van der Waals surface area contributed by atoms with Crippen molar-refractivity contribution >= 4 is 11.9 Å². The fraction of sp³-hybridized carbons (Fsp3) is 0.895. The fourth-order valence-electron chi connectivity index (χ4n) is 2.49. The molecule has 0 rings (SSSR count). The number of amides is 1. The topological polar surface area (TPSA) is 55.4 Å². The lowest BCUT2D eigenvalue weighted by Gasteiger charge is -2.05. The summed E-state index contributed by atoms with van der Waals surface area (Å²) >= 11 is 0. The van der Waals surface area contributed by atoms with Gasteiger partial charge in [-0.25, -0.2) is 4.79 Å². The van der Waals surface area contributed by atoms with Gasteiger partial charge < -0.3 is 4.84 Å². The molecule has 0 fully saturated rings. The number of unbranched alkanes of at least 4 members (excludes halogenated alkanes) is 11. The molecule has 0 aliphatic heterocycles. The Morgan fingerprint density at radius 3 is 1.65 bits per heavy atom. The number of hydroxylamine groups is 1. The number of carbonyl (C=O) groups excluding carboxylic acids is 2. The molecule has 0 saturated heterocycles. The third-order valence-corrected chi connectivity index (χ3v) is 4.02. The lowest BCUT2D eigenvalue weighted by molar-refractivity contribution is -0.158. The summed E-state index contributed by atoms with van der Waals surface area (Å²) in [4.78, 5) is 27.4. The van der Waals surface area contributed by atoms with Crippen LogP contribution >= 0.6 is 0 Å². The number of hydrogen-bond acceptors (Lipinski definition) is 3. The highest BCUT2D eigenvalue weighted by Gasteiger charge is 2.06. The van der Waals surface area contributed by atoms with Crippen LogP contribution in [0.4, 0.5) is 0 Å². The second-order valence-electron chi connectivity index (χ2n) is 6.39. The molecule has 0 aliphatic carbocycles. The van der Waals surface area contributed by atoms with Gasteiger partial charge in [0.05, 0.1) is 0 Å². The van der Waals surface area contributed by atoms with E-state index in [2.05, 4.69) is 12.4 Å². The van der Waals surface area contributed by atoms with Gasteiger partial charge in [-0.3, -0.25) is 4.79 Å². The summed E-state index contributed by atoms with van der Waals surface area (Å²) < 4.78 is 0. The van der Waals surface area contributed by atoms with E-state index in [-0.39, 0.29) is 11.9 Å². The van der Waals surface area contributed by atoms with Crippen molar-refractivity contribution in [3.63, 3.8) is 0 Å². The van der Waals surface area contributed by atoms with Crippen LogP contribution in [0.25, 0.3) is 0 Å². The molecule has 0 atom stereocenters. The molecule has 0 unspecified atom stereocenters. The van der Waals surface area contributed by atoms with Gasteiger partial charge in [-0.15, -0.1) is 0 Å². The minimum Gasteiger partial charge on any atom is -0.341 e. The molecule has 0 spiro atoms. The summed E-state index contributed by atoms with van der Waals surface area (Å²) in [6.45, 7) is 4.26. The molecule has 1 N–H and O–H groups in total. The van der Waals surface area contributed by atoms with Crippen LogP contribution < -0.4 is 5.48 Å². The normalized spacial score (nSPS) is 10.5. The first-order valence-corrected chi connectivity index (χ1v) is 9.69. The number of hydrogen-bond donors (Lipinski definition) is 1. The Kier molecular flexibility index (Phi) is 16.5. The summed E-state index contributed by atoms with van der Waals surface area (Å²) in [5.74, 6) is -0.537. The van der Waals surface area contributed by atoms with Gasteiger partial charge >= 0.3 is 5.97 Å². The molecule has 0 bridgehead atoms. The van der Waals surface area contributed by atoms with Crippen LogP contribution in [0.2, 0.25) is 0 Å². The quantitative estimate of drug-likeness (QED) is 0.321. The van der Waals surface area contributed by atoms with Crippen LogP contribution in [-0.2, 0) is 14.4 Å². The van der Waals surface area contributed by atoms with E-state index in [1.54, 1.807) is 0 Å². The van der Waals surface area contributed by atoms with Crippen LogP contribution in [0, 0.1) is 0 Å². The number of nitrogens with one attached hydrogen (secondary N) is 1. The molecule has 0 radical (unpaired) electrons. The molecule has 0 aromatic carbocycles. The molecule has 1 amide bonds. The van der Waals surface area contributed by atoms with Gasteiger partial charge in [0.15, 0.2) is 0 Å². The molecule has 4 heteroatoms. The van der Waals surface area contributed by atoms with Gasteiger partial charge in [-0.1, -0.05) is 84.5 Å². The van der Waals surface area contributed by atoms with E-state index in [0.29, 0.717) is 12.8 Å². The van der Waals surface area contributed by atoms with Crippen LogP contribution in [0.3, 0.4) is 0 Å². The van der Waals surface area contributed by atoms with Crippen molar-refractivity contribution in [2.75, 3.05) is 0 Å². The standard InChI is InChI=1S/C19H37NO3/c1-3-5-7-8-9-10-11-12-13-14-15-16-18(21)20-23-19(22)17-6-4-2/h3-17H2,1-2H3,(H,20,21). The summed E-state index contributed by atoms with van der Waals surface area (Å²) in [6, 6.07) is 0. The molecule has 0 aliphatic rings. The Labute approximate surface area is 142 Å². The molecule has 136 valence electrons. The average Bonchev–Trinajstić information content (AvgIpc) is 2.56. The second kappa shape index (κ2) is 17.3. The SMILES string of the molecule is CCCCCCCCCCCCCC(=O)NOC(=O)CCCC. The van der Waals surface area contributed by atoms with Crippen molar-refractivity contribution < 1.29 is 14.4 Å². The van der Waals surface area contributed by atoms with Crippen LogP contribution in [-0.4, -0.2) is 11.9 Å². The highest BCUT2D eigenvalue weighted by atomic mass is 16.7. The zero-order valence-corrected chi connectivity index (χ0v) is 15.3. The number of rotatable bonds is 15. The Hall–Kier alpha value is -1.06. The van der Waals surface area contributed by atoms with Gasteiger partial charge in [0.25, 0.3) is 5.91 Å². The minimum absolute atomic E-state index is 0.189. The predicted molar refractivity (Wildman–Crippen MR) is 94.8 cm³/mol. The van der Waals surface area contributed by atoms with Crippen molar-refractivity contribution in [1.82, 2.24) is 5.48 Å². The van der Waals surface area contributed by atoms with Crippen LogP contribution in [0.1, 0.15) is 110 Å². The van der Waals surface area contributed by atoms with Gasteiger partial charge in [0.1, 0.15) is 0 Å².